The van der Waals surface area contributed by atoms with Gasteiger partial charge in [0.1, 0.15) is 0 Å². The molecule has 5 heteroatoms. The van der Waals surface area contributed by atoms with E-state index < -0.39 is 0 Å². The Balaban J connectivity index is 2.07. The molecule has 1 fully saturated rings. The van der Waals surface area contributed by atoms with Crippen molar-refractivity contribution in [3.8, 4) is 0 Å². The lowest BCUT2D eigenvalue weighted by molar-refractivity contribution is 0.0697. The number of piperidine rings is 1. The predicted molar refractivity (Wildman–Crippen MR) is 62.2 cm³/mol. The number of likely N-dealkylation sites (tertiary alicyclic amines) is 1. The van der Waals surface area contributed by atoms with E-state index in [1.165, 1.54) is 6.26 Å². The maximum Gasteiger partial charge on any atom is 0.289 e. The zero-order valence-electron chi connectivity index (χ0n) is 9.80. The van der Waals surface area contributed by atoms with Crippen LogP contribution in [0.4, 0.5) is 0 Å². The molecule has 1 atom stereocenters. The van der Waals surface area contributed by atoms with Gasteiger partial charge in [0.2, 0.25) is 0 Å². The van der Waals surface area contributed by atoms with Gasteiger partial charge < -0.3 is 14.5 Å². The van der Waals surface area contributed by atoms with E-state index in [-0.39, 0.29) is 11.8 Å². The summed E-state index contributed by atoms with van der Waals surface area (Å²) in [5.41, 5.74) is 0.788. The minimum absolute atomic E-state index is 0.0922. The second-order valence-electron chi connectivity index (χ2n) is 4.17. The Bertz CT molecular complexity index is 411. The molecule has 2 rings (SSSR count). The number of oxime groups is 1. The SMILES string of the molecule is CCC1CN(C(=O)c2ccco2)CC/C1=N\O. The minimum Gasteiger partial charge on any atom is -0.459 e. The first kappa shape index (κ1) is 11.7. The first-order chi connectivity index (χ1) is 8.26. The first-order valence-corrected chi connectivity index (χ1v) is 5.79. The molecular formula is C12H16N2O3. The Hall–Kier alpha value is -1.78. The van der Waals surface area contributed by atoms with Crippen molar-refractivity contribution in [1.29, 1.82) is 0 Å². The lowest BCUT2D eigenvalue weighted by Crippen LogP contribution is -2.43. The fourth-order valence-electron chi connectivity index (χ4n) is 2.15. The van der Waals surface area contributed by atoms with E-state index in [1.54, 1.807) is 17.0 Å². The lowest BCUT2D eigenvalue weighted by atomic mass is 9.93. The summed E-state index contributed by atoms with van der Waals surface area (Å²) in [5, 5.41) is 12.2. The summed E-state index contributed by atoms with van der Waals surface area (Å²) < 4.78 is 5.10. The molecule has 0 spiro atoms. The number of amides is 1. The summed E-state index contributed by atoms with van der Waals surface area (Å²) in [4.78, 5) is 13.8. The molecule has 1 amide bonds. The summed E-state index contributed by atoms with van der Waals surface area (Å²) in [6.07, 6.45) is 2.98. The molecule has 1 aliphatic rings. The van der Waals surface area contributed by atoms with E-state index in [1.807, 2.05) is 6.92 Å². The van der Waals surface area contributed by atoms with Crippen molar-refractivity contribution in [2.24, 2.45) is 11.1 Å². The minimum atomic E-state index is -0.0922. The van der Waals surface area contributed by atoms with Crippen molar-refractivity contribution in [3.63, 3.8) is 0 Å². The van der Waals surface area contributed by atoms with Gasteiger partial charge in [-0.05, 0) is 18.6 Å². The molecule has 2 heterocycles. The molecule has 1 N–H and O–H groups in total. The van der Waals surface area contributed by atoms with Gasteiger partial charge in [0.15, 0.2) is 5.76 Å². The maximum absolute atomic E-state index is 12.0. The molecule has 0 bridgehead atoms. The van der Waals surface area contributed by atoms with Gasteiger partial charge in [0.25, 0.3) is 5.91 Å². The van der Waals surface area contributed by atoms with E-state index in [2.05, 4.69) is 5.16 Å². The van der Waals surface area contributed by atoms with Gasteiger partial charge in [-0.2, -0.15) is 0 Å². The van der Waals surface area contributed by atoms with E-state index in [4.69, 9.17) is 9.62 Å². The number of rotatable bonds is 2. The Morgan fingerprint density at radius 2 is 2.53 bits per heavy atom. The number of furan rings is 1. The van der Waals surface area contributed by atoms with E-state index in [0.717, 1.165) is 12.1 Å². The highest BCUT2D eigenvalue weighted by Crippen LogP contribution is 2.19. The van der Waals surface area contributed by atoms with Crippen LogP contribution in [0.5, 0.6) is 0 Å². The zero-order chi connectivity index (χ0) is 12.3. The fraction of sp³-hybridized carbons (Fsp3) is 0.500. The van der Waals surface area contributed by atoms with Crippen molar-refractivity contribution in [3.05, 3.63) is 24.2 Å². The van der Waals surface area contributed by atoms with Crippen molar-refractivity contribution in [2.45, 2.75) is 19.8 Å². The highest BCUT2D eigenvalue weighted by molar-refractivity contribution is 5.94. The van der Waals surface area contributed by atoms with Crippen LogP contribution >= 0.6 is 0 Å². The van der Waals surface area contributed by atoms with Gasteiger partial charge in [-0.3, -0.25) is 4.79 Å². The summed E-state index contributed by atoms with van der Waals surface area (Å²) in [7, 11) is 0. The molecule has 0 aliphatic carbocycles. The van der Waals surface area contributed by atoms with E-state index >= 15 is 0 Å². The Labute approximate surface area is 99.7 Å². The molecule has 1 aromatic heterocycles. The quantitative estimate of drug-likeness (QED) is 0.630. The molecule has 92 valence electrons. The van der Waals surface area contributed by atoms with Crippen LogP contribution in [0.25, 0.3) is 0 Å². The highest BCUT2D eigenvalue weighted by Gasteiger charge is 2.29. The second-order valence-corrected chi connectivity index (χ2v) is 4.17. The van der Waals surface area contributed by atoms with E-state index in [9.17, 15) is 4.79 Å². The Morgan fingerprint density at radius 3 is 3.12 bits per heavy atom. The normalized spacial score (nSPS) is 23.0. The molecule has 0 aromatic carbocycles. The molecule has 1 aliphatic heterocycles. The highest BCUT2D eigenvalue weighted by atomic mass is 16.4. The number of carbonyl (C=O) groups is 1. The molecular weight excluding hydrogens is 220 g/mol. The second kappa shape index (κ2) is 5.03. The van der Waals surface area contributed by atoms with Gasteiger partial charge in [0, 0.05) is 25.4 Å². The monoisotopic (exact) mass is 236 g/mol. The van der Waals surface area contributed by atoms with Crippen LogP contribution in [0.2, 0.25) is 0 Å². The number of hydrogen-bond donors (Lipinski definition) is 1. The van der Waals surface area contributed by atoms with Crippen LogP contribution in [0.1, 0.15) is 30.3 Å². The predicted octanol–water partition coefficient (Wildman–Crippen LogP) is 1.98. The number of hydrogen-bond acceptors (Lipinski definition) is 4. The average molecular weight is 236 g/mol. The topological polar surface area (TPSA) is 66.0 Å². The number of carbonyl (C=O) groups excluding carboxylic acids is 1. The first-order valence-electron chi connectivity index (χ1n) is 5.79. The van der Waals surface area contributed by atoms with Gasteiger partial charge in [-0.15, -0.1) is 0 Å². The van der Waals surface area contributed by atoms with Gasteiger partial charge in [0.05, 0.1) is 12.0 Å². The summed E-state index contributed by atoms with van der Waals surface area (Å²) in [5.74, 6) is 0.419. The third-order valence-electron chi connectivity index (χ3n) is 3.19. The molecule has 1 aromatic rings. The molecule has 17 heavy (non-hydrogen) atoms. The van der Waals surface area contributed by atoms with Crippen LogP contribution < -0.4 is 0 Å². The van der Waals surface area contributed by atoms with E-state index in [0.29, 0.717) is 25.3 Å². The van der Waals surface area contributed by atoms with Crippen LogP contribution in [-0.4, -0.2) is 34.8 Å². The Kier molecular flexibility index (Phi) is 3.46. The molecule has 1 saturated heterocycles. The molecule has 5 nitrogen and oxygen atoms in total. The molecule has 1 unspecified atom stereocenters. The summed E-state index contributed by atoms with van der Waals surface area (Å²) in [6.45, 7) is 3.20. The zero-order valence-corrected chi connectivity index (χ0v) is 9.80. The van der Waals surface area contributed by atoms with Crippen molar-refractivity contribution < 1.29 is 14.4 Å². The standard InChI is InChI=1S/C12H16N2O3/c1-2-9-8-14(6-5-10(9)13-16)12(15)11-4-3-7-17-11/h3-4,7,9,16H,2,5-6,8H2,1H3/b13-10+. The lowest BCUT2D eigenvalue weighted by Gasteiger charge is -2.32. The molecule has 0 saturated carbocycles. The number of nitrogens with zero attached hydrogens (tertiary/aromatic N) is 2. The van der Waals surface area contributed by atoms with Gasteiger partial charge >= 0.3 is 0 Å². The summed E-state index contributed by atoms with van der Waals surface area (Å²) >= 11 is 0. The summed E-state index contributed by atoms with van der Waals surface area (Å²) in [6, 6.07) is 3.37. The largest absolute Gasteiger partial charge is 0.459 e. The Morgan fingerprint density at radius 1 is 1.71 bits per heavy atom. The van der Waals surface area contributed by atoms with Crippen LogP contribution in [0.3, 0.4) is 0 Å². The van der Waals surface area contributed by atoms with Crippen LogP contribution in [-0.2, 0) is 0 Å². The van der Waals surface area contributed by atoms with Crippen LogP contribution in [0, 0.1) is 5.92 Å². The van der Waals surface area contributed by atoms with Gasteiger partial charge in [-0.25, -0.2) is 0 Å². The molecule has 0 radical (unpaired) electrons. The smallest absolute Gasteiger partial charge is 0.289 e. The third-order valence-corrected chi connectivity index (χ3v) is 3.19. The van der Waals surface area contributed by atoms with Crippen LogP contribution in [0.15, 0.2) is 28.0 Å². The average Bonchev–Trinajstić information content (AvgIpc) is 2.90. The van der Waals surface area contributed by atoms with Crippen molar-refractivity contribution in [2.75, 3.05) is 13.1 Å². The third kappa shape index (κ3) is 2.33. The van der Waals surface area contributed by atoms with Crippen molar-refractivity contribution >= 4 is 11.6 Å². The van der Waals surface area contributed by atoms with Crippen molar-refractivity contribution in [1.82, 2.24) is 4.90 Å². The fourth-order valence-corrected chi connectivity index (χ4v) is 2.15. The maximum atomic E-state index is 12.0. The van der Waals surface area contributed by atoms with Gasteiger partial charge in [-0.1, -0.05) is 12.1 Å².